The van der Waals surface area contributed by atoms with Gasteiger partial charge >= 0.3 is 6.18 Å². The Balaban J connectivity index is 2.11. The van der Waals surface area contributed by atoms with Gasteiger partial charge in [0.05, 0.1) is 0 Å². The molecule has 9 heteroatoms. The highest BCUT2D eigenvalue weighted by atomic mass is 19.4. The topological polar surface area (TPSA) is 94.3 Å². The lowest BCUT2D eigenvalue weighted by atomic mass is 9.89. The minimum atomic E-state index is -4.57. The van der Waals surface area contributed by atoms with Crippen molar-refractivity contribution in [2.75, 3.05) is 5.32 Å². The van der Waals surface area contributed by atoms with Gasteiger partial charge in [-0.15, -0.1) is 0 Å². The van der Waals surface area contributed by atoms with Crippen molar-refractivity contribution < 1.29 is 27.5 Å². The number of amides is 2. The zero-order valence-corrected chi connectivity index (χ0v) is 12.5. The number of carbonyl (C=O) groups excluding carboxylic acids is 2. The third-order valence-corrected chi connectivity index (χ3v) is 4.03. The first-order valence-electron chi connectivity index (χ1n) is 6.86. The molecule has 2 heterocycles. The fourth-order valence-corrected chi connectivity index (χ4v) is 2.38. The van der Waals surface area contributed by atoms with E-state index in [9.17, 15) is 22.8 Å². The molecule has 3 N–H and O–H groups in total. The summed E-state index contributed by atoms with van der Waals surface area (Å²) in [4.78, 5) is 26.9. The van der Waals surface area contributed by atoms with E-state index in [1.165, 1.54) is 25.3 Å². The smallest absolute Gasteiger partial charge is 0.364 e. The highest BCUT2D eigenvalue weighted by Crippen LogP contribution is 2.46. The number of carbonyl (C=O) groups is 2. The average Bonchev–Trinajstić information content (AvgIpc) is 2.76. The van der Waals surface area contributed by atoms with Gasteiger partial charge in [-0.05, 0) is 31.4 Å². The lowest BCUT2D eigenvalue weighted by Gasteiger charge is -2.30. The zero-order valence-electron chi connectivity index (χ0n) is 12.5. The van der Waals surface area contributed by atoms with Crippen LogP contribution in [0.15, 0.2) is 18.3 Å². The maximum atomic E-state index is 13.1. The van der Waals surface area contributed by atoms with Crippen molar-refractivity contribution in [1.29, 1.82) is 0 Å². The molecule has 2 rings (SSSR count). The van der Waals surface area contributed by atoms with Crippen LogP contribution in [0.25, 0.3) is 0 Å². The number of alkyl halides is 3. The number of nitrogens with two attached hydrogens (primary N) is 1. The van der Waals surface area contributed by atoms with E-state index in [4.69, 9.17) is 10.5 Å². The van der Waals surface area contributed by atoms with Crippen LogP contribution in [-0.2, 0) is 9.53 Å². The van der Waals surface area contributed by atoms with Crippen LogP contribution in [0.2, 0.25) is 0 Å². The number of rotatable bonds is 3. The van der Waals surface area contributed by atoms with Crippen LogP contribution in [0.4, 0.5) is 18.9 Å². The van der Waals surface area contributed by atoms with Gasteiger partial charge in [0.2, 0.25) is 0 Å². The second-order valence-corrected chi connectivity index (χ2v) is 5.63. The second-order valence-electron chi connectivity index (χ2n) is 5.63. The first-order valence-corrected chi connectivity index (χ1v) is 6.86. The lowest BCUT2D eigenvalue weighted by molar-refractivity contribution is -0.272. The normalized spacial score (nSPS) is 27.7. The molecule has 126 valence electrons. The molecule has 23 heavy (non-hydrogen) atoms. The summed E-state index contributed by atoms with van der Waals surface area (Å²) in [6.07, 6.45) is -4.61. The van der Waals surface area contributed by atoms with Gasteiger partial charge < -0.3 is 15.8 Å². The predicted octanol–water partition coefficient (Wildman–Crippen LogP) is 1.86. The van der Waals surface area contributed by atoms with Crippen LogP contribution in [0.1, 0.15) is 30.8 Å². The van der Waals surface area contributed by atoms with E-state index < -0.39 is 35.6 Å². The van der Waals surface area contributed by atoms with Gasteiger partial charge in [-0.2, -0.15) is 13.2 Å². The molecular formula is C14H16F3N3O3. The standard InChI is InChI=1S/C14H16F3N3O3/c1-7-5-10(23-13(7,2)14(15,16)17)12(22)20-8-3-4-19-9(6-8)11(18)21/h3-4,6-7,10H,5H2,1-2H3,(H2,18,21)(H,19,20,22)/t7-,10+,13+/m0/s1. The Morgan fingerprint density at radius 2 is 2.13 bits per heavy atom. The molecular weight excluding hydrogens is 315 g/mol. The molecule has 0 spiro atoms. The third kappa shape index (κ3) is 3.29. The molecule has 0 saturated carbocycles. The van der Waals surface area contributed by atoms with Crippen molar-refractivity contribution in [3.05, 3.63) is 24.0 Å². The maximum Gasteiger partial charge on any atom is 0.417 e. The fourth-order valence-electron chi connectivity index (χ4n) is 2.38. The molecule has 3 atom stereocenters. The first kappa shape index (κ1) is 17.2. The van der Waals surface area contributed by atoms with Gasteiger partial charge in [0.25, 0.3) is 11.8 Å². The van der Waals surface area contributed by atoms with Gasteiger partial charge in [0.1, 0.15) is 11.8 Å². The molecule has 1 aliphatic heterocycles. The number of pyridine rings is 1. The Bertz CT molecular complexity index is 635. The van der Waals surface area contributed by atoms with Gasteiger partial charge in [0, 0.05) is 11.9 Å². The number of hydrogen-bond donors (Lipinski definition) is 2. The number of nitrogens with one attached hydrogen (secondary N) is 1. The number of hydrogen-bond acceptors (Lipinski definition) is 4. The second kappa shape index (κ2) is 5.80. The molecule has 0 bridgehead atoms. The highest BCUT2D eigenvalue weighted by molar-refractivity contribution is 5.96. The van der Waals surface area contributed by atoms with Crippen molar-refractivity contribution in [3.63, 3.8) is 0 Å². The van der Waals surface area contributed by atoms with Gasteiger partial charge in [-0.1, -0.05) is 6.92 Å². The van der Waals surface area contributed by atoms with Gasteiger partial charge in [-0.25, -0.2) is 0 Å². The van der Waals surface area contributed by atoms with E-state index >= 15 is 0 Å². The Hall–Kier alpha value is -2.16. The van der Waals surface area contributed by atoms with Crippen LogP contribution < -0.4 is 11.1 Å². The summed E-state index contributed by atoms with van der Waals surface area (Å²) in [5, 5.41) is 2.41. The third-order valence-electron chi connectivity index (χ3n) is 4.03. The maximum absolute atomic E-state index is 13.1. The predicted molar refractivity (Wildman–Crippen MR) is 74.5 cm³/mol. The lowest BCUT2D eigenvalue weighted by Crippen LogP contribution is -2.47. The molecule has 1 aromatic rings. The Labute approximate surface area is 130 Å². The largest absolute Gasteiger partial charge is 0.417 e. The number of aromatic nitrogens is 1. The summed E-state index contributed by atoms with van der Waals surface area (Å²) in [5.74, 6) is -2.36. The molecule has 0 aromatic carbocycles. The molecule has 1 aromatic heterocycles. The van der Waals surface area contributed by atoms with Crippen LogP contribution in [0, 0.1) is 5.92 Å². The Morgan fingerprint density at radius 1 is 1.48 bits per heavy atom. The summed E-state index contributed by atoms with van der Waals surface area (Å²) in [6.45, 7) is 2.32. The van der Waals surface area contributed by atoms with Crippen molar-refractivity contribution in [1.82, 2.24) is 4.98 Å². The van der Waals surface area contributed by atoms with Crippen LogP contribution in [-0.4, -0.2) is 34.7 Å². The van der Waals surface area contributed by atoms with Gasteiger partial charge in [-0.3, -0.25) is 14.6 Å². The Morgan fingerprint density at radius 3 is 2.65 bits per heavy atom. The van der Waals surface area contributed by atoms with Crippen LogP contribution >= 0.6 is 0 Å². The minimum Gasteiger partial charge on any atom is -0.364 e. The molecule has 0 aliphatic carbocycles. The summed E-state index contributed by atoms with van der Waals surface area (Å²) in [7, 11) is 0. The number of primary amides is 1. The fraction of sp³-hybridized carbons (Fsp3) is 0.500. The van der Waals surface area contributed by atoms with Crippen molar-refractivity contribution >= 4 is 17.5 Å². The number of anilines is 1. The average molecular weight is 331 g/mol. The summed E-state index contributed by atoms with van der Waals surface area (Å²) in [6, 6.07) is 2.63. The van der Waals surface area contributed by atoms with Crippen LogP contribution in [0.5, 0.6) is 0 Å². The van der Waals surface area contributed by atoms with E-state index in [2.05, 4.69) is 10.3 Å². The number of ether oxygens (including phenoxy) is 1. The molecule has 1 fully saturated rings. The van der Waals surface area contributed by atoms with E-state index in [1.54, 1.807) is 0 Å². The first-order chi connectivity index (χ1) is 10.5. The molecule has 1 saturated heterocycles. The Kier molecular flexibility index (Phi) is 4.34. The van der Waals surface area contributed by atoms with Crippen molar-refractivity contribution in [3.8, 4) is 0 Å². The molecule has 6 nitrogen and oxygen atoms in total. The monoisotopic (exact) mass is 331 g/mol. The van der Waals surface area contributed by atoms with E-state index in [1.807, 2.05) is 0 Å². The highest BCUT2D eigenvalue weighted by Gasteiger charge is 2.61. The molecule has 0 radical (unpaired) electrons. The zero-order chi connectivity index (χ0) is 17.4. The van der Waals surface area contributed by atoms with Crippen molar-refractivity contribution in [2.45, 2.75) is 38.1 Å². The quantitative estimate of drug-likeness (QED) is 0.884. The molecule has 1 aliphatic rings. The van der Waals surface area contributed by atoms with Crippen molar-refractivity contribution in [2.24, 2.45) is 11.7 Å². The van der Waals surface area contributed by atoms with E-state index in [0.29, 0.717) is 0 Å². The number of nitrogens with zero attached hydrogens (tertiary/aromatic N) is 1. The summed E-state index contributed by atoms with van der Waals surface area (Å²) < 4.78 is 44.2. The summed E-state index contributed by atoms with van der Waals surface area (Å²) >= 11 is 0. The van der Waals surface area contributed by atoms with E-state index in [0.717, 1.165) is 6.92 Å². The number of halogens is 3. The minimum absolute atomic E-state index is 0.0599. The van der Waals surface area contributed by atoms with Gasteiger partial charge in [0.15, 0.2) is 5.60 Å². The molecule has 2 amide bonds. The van der Waals surface area contributed by atoms with Crippen LogP contribution in [0.3, 0.4) is 0 Å². The van der Waals surface area contributed by atoms with E-state index in [-0.39, 0.29) is 17.8 Å². The molecule has 0 unspecified atom stereocenters. The summed E-state index contributed by atoms with van der Waals surface area (Å²) in [5.41, 5.74) is 2.84. The SMILES string of the molecule is C[C@H]1C[C@H](C(=O)Nc2ccnc(C(N)=O)c2)O[C@@]1(C)C(F)(F)F.